The van der Waals surface area contributed by atoms with Gasteiger partial charge < -0.3 is 5.32 Å². The lowest BCUT2D eigenvalue weighted by atomic mass is 10.0. The lowest BCUT2D eigenvalue weighted by molar-refractivity contribution is 0.509. The van der Waals surface area contributed by atoms with E-state index in [1.54, 1.807) is 0 Å². The van der Waals surface area contributed by atoms with Crippen molar-refractivity contribution in [2.45, 2.75) is 31.2 Å². The minimum absolute atomic E-state index is 0.404. The van der Waals surface area contributed by atoms with E-state index >= 15 is 0 Å². The van der Waals surface area contributed by atoms with Gasteiger partial charge in [0.25, 0.3) is 0 Å². The van der Waals surface area contributed by atoms with E-state index < -0.39 is 5.54 Å². The fraction of sp³-hybridized carbons (Fsp3) is 0.714. The molecule has 0 aromatic heterocycles. The molecule has 0 unspecified atom stereocenters. The van der Waals surface area contributed by atoms with Gasteiger partial charge in [-0.25, -0.2) is 0 Å². The number of nitrogens with zero attached hydrogens (tertiary/aromatic N) is 1. The molecule has 1 aliphatic carbocycles. The van der Waals surface area contributed by atoms with Crippen LogP contribution in [0.25, 0.3) is 0 Å². The van der Waals surface area contributed by atoms with Crippen molar-refractivity contribution >= 4 is 29.2 Å². The number of nitriles is 1. The molecule has 0 heterocycles. The number of thiol groups is 1. The summed E-state index contributed by atoms with van der Waals surface area (Å²) >= 11 is 8.72. The molecule has 60 valence electrons. The number of rotatable bonds is 1. The summed E-state index contributed by atoms with van der Waals surface area (Å²) in [6, 6.07) is 2.26. The molecule has 1 rings (SSSR count). The largest absolute Gasteiger partial charge is 0.353 e. The Balaban J connectivity index is 2.61. The van der Waals surface area contributed by atoms with Crippen molar-refractivity contribution in [3.63, 3.8) is 0 Å². The number of hydrogen-bond acceptors (Lipinski definition) is 2. The maximum Gasteiger partial charge on any atom is 0.131 e. The monoisotopic (exact) mass is 186 g/mol. The first-order chi connectivity index (χ1) is 5.18. The first kappa shape index (κ1) is 8.82. The third-order valence-corrected chi connectivity index (χ3v) is 2.23. The molecule has 0 saturated heterocycles. The van der Waals surface area contributed by atoms with E-state index in [0.29, 0.717) is 4.32 Å². The van der Waals surface area contributed by atoms with Gasteiger partial charge in [-0.2, -0.15) is 5.26 Å². The van der Waals surface area contributed by atoms with E-state index in [2.05, 4.69) is 24.0 Å². The molecule has 1 saturated carbocycles. The van der Waals surface area contributed by atoms with E-state index in [1.807, 2.05) is 0 Å². The van der Waals surface area contributed by atoms with Gasteiger partial charge in [0.05, 0.1) is 6.07 Å². The fourth-order valence-corrected chi connectivity index (χ4v) is 1.86. The average molecular weight is 186 g/mol. The van der Waals surface area contributed by atoms with Crippen LogP contribution in [0.1, 0.15) is 25.7 Å². The zero-order valence-electron chi connectivity index (χ0n) is 6.13. The predicted octanol–water partition coefficient (Wildman–Crippen LogP) is 1.63. The van der Waals surface area contributed by atoms with Crippen molar-refractivity contribution in [3.8, 4) is 6.07 Å². The molecule has 0 aliphatic heterocycles. The highest BCUT2D eigenvalue weighted by Gasteiger charge is 2.33. The van der Waals surface area contributed by atoms with Crippen molar-refractivity contribution in [1.82, 2.24) is 5.32 Å². The van der Waals surface area contributed by atoms with Crippen LogP contribution < -0.4 is 5.32 Å². The van der Waals surface area contributed by atoms with Crippen molar-refractivity contribution in [3.05, 3.63) is 0 Å². The van der Waals surface area contributed by atoms with Crippen LogP contribution in [0.5, 0.6) is 0 Å². The van der Waals surface area contributed by atoms with Crippen LogP contribution in [-0.2, 0) is 0 Å². The molecule has 4 heteroatoms. The minimum Gasteiger partial charge on any atom is -0.353 e. The quantitative estimate of drug-likeness (QED) is 0.482. The summed E-state index contributed by atoms with van der Waals surface area (Å²) < 4.78 is 0.424. The normalized spacial score (nSPS) is 20.7. The molecule has 0 bridgehead atoms. The molecular weight excluding hydrogens is 176 g/mol. The van der Waals surface area contributed by atoms with Crippen LogP contribution in [0.2, 0.25) is 0 Å². The minimum atomic E-state index is -0.404. The maximum atomic E-state index is 8.86. The van der Waals surface area contributed by atoms with Crippen molar-refractivity contribution in [2.75, 3.05) is 0 Å². The highest BCUT2D eigenvalue weighted by Crippen LogP contribution is 2.28. The Morgan fingerprint density at radius 2 is 2.09 bits per heavy atom. The SMILES string of the molecule is N#CC1(NC(=S)S)CCCC1. The Morgan fingerprint density at radius 1 is 1.55 bits per heavy atom. The van der Waals surface area contributed by atoms with Crippen LogP contribution in [-0.4, -0.2) is 9.86 Å². The molecule has 0 radical (unpaired) electrons. The van der Waals surface area contributed by atoms with E-state index in [-0.39, 0.29) is 0 Å². The van der Waals surface area contributed by atoms with Crippen LogP contribution in [0, 0.1) is 11.3 Å². The summed E-state index contributed by atoms with van der Waals surface area (Å²) in [4.78, 5) is 0. The highest BCUT2D eigenvalue weighted by atomic mass is 32.1. The van der Waals surface area contributed by atoms with Crippen molar-refractivity contribution in [2.24, 2.45) is 0 Å². The molecule has 0 aromatic rings. The zero-order valence-corrected chi connectivity index (χ0v) is 7.84. The van der Waals surface area contributed by atoms with E-state index in [1.165, 1.54) is 0 Å². The highest BCUT2D eigenvalue weighted by molar-refractivity contribution is 8.11. The molecule has 2 nitrogen and oxygen atoms in total. The van der Waals surface area contributed by atoms with Gasteiger partial charge in [0.15, 0.2) is 0 Å². The van der Waals surface area contributed by atoms with E-state index in [0.717, 1.165) is 25.7 Å². The van der Waals surface area contributed by atoms with Gasteiger partial charge in [-0.15, -0.1) is 12.6 Å². The van der Waals surface area contributed by atoms with E-state index in [4.69, 9.17) is 17.5 Å². The Kier molecular flexibility index (Phi) is 2.74. The Labute approximate surface area is 77.4 Å². The second-order valence-corrected chi connectivity index (χ2v) is 3.99. The molecular formula is C7H10N2S2. The van der Waals surface area contributed by atoms with Crippen LogP contribution in [0.15, 0.2) is 0 Å². The molecule has 0 spiro atoms. The standard InChI is InChI=1S/C7H10N2S2/c8-5-7(9-6(10)11)3-1-2-4-7/h1-4H2,(H2,9,10,11). The van der Waals surface area contributed by atoms with Crippen LogP contribution in [0.4, 0.5) is 0 Å². The molecule has 1 N–H and O–H groups in total. The number of hydrogen-bond donors (Lipinski definition) is 2. The lowest BCUT2D eigenvalue weighted by Gasteiger charge is -2.21. The summed E-state index contributed by atoms with van der Waals surface area (Å²) in [6.45, 7) is 0. The summed E-state index contributed by atoms with van der Waals surface area (Å²) in [7, 11) is 0. The fourth-order valence-electron chi connectivity index (χ4n) is 1.45. The van der Waals surface area contributed by atoms with Gasteiger partial charge in [0.1, 0.15) is 9.86 Å². The molecule has 0 aromatic carbocycles. The second kappa shape index (κ2) is 3.42. The molecule has 1 fully saturated rings. The summed E-state index contributed by atoms with van der Waals surface area (Å²) in [5.41, 5.74) is -0.404. The second-order valence-electron chi connectivity index (χ2n) is 2.83. The molecule has 0 amide bonds. The first-order valence-electron chi connectivity index (χ1n) is 3.61. The molecule has 1 aliphatic rings. The third-order valence-electron chi connectivity index (χ3n) is 2.02. The lowest BCUT2D eigenvalue weighted by Crippen LogP contribution is -2.42. The Bertz CT molecular complexity index is 201. The maximum absolute atomic E-state index is 8.86. The zero-order chi connectivity index (χ0) is 8.32. The van der Waals surface area contributed by atoms with Gasteiger partial charge in [-0.1, -0.05) is 12.2 Å². The van der Waals surface area contributed by atoms with Gasteiger partial charge in [0, 0.05) is 0 Å². The molecule has 11 heavy (non-hydrogen) atoms. The summed E-state index contributed by atoms with van der Waals surface area (Å²) in [6.07, 6.45) is 4.00. The predicted molar refractivity (Wildman–Crippen MR) is 51.5 cm³/mol. The van der Waals surface area contributed by atoms with Gasteiger partial charge in [0.2, 0.25) is 0 Å². The van der Waals surface area contributed by atoms with Crippen LogP contribution in [0.3, 0.4) is 0 Å². The van der Waals surface area contributed by atoms with Gasteiger partial charge in [-0.3, -0.25) is 0 Å². The number of thiocarbonyl (C=S) groups is 1. The topological polar surface area (TPSA) is 35.8 Å². The van der Waals surface area contributed by atoms with Crippen LogP contribution >= 0.6 is 24.8 Å². The third kappa shape index (κ3) is 2.08. The van der Waals surface area contributed by atoms with Crippen molar-refractivity contribution in [1.29, 1.82) is 5.26 Å². The Hall–Kier alpha value is -0.270. The smallest absolute Gasteiger partial charge is 0.131 e. The molecule has 0 atom stereocenters. The summed E-state index contributed by atoms with van der Waals surface area (Å²) in [5, 5.41) is 11.8. The summed E-state index contributed by atoms with van der Waals surface area (Å²) in [5.74, 6) is 0. The van der Waals surface area contributed by atoms with Gasteiger partial charge >= 0.3 is 0 Å². The van der Waals surface area contributed by atoms with Crippen molar-refractivity contribution < 1.29 is 0 Å². The Morgan fingerprint density at radius 3 is 2.45 bits per heavy atom. The van der Waals surface area contributed by atoms with E-state index in [9.17, 15) is 0 Å². The first-order valence-corrected chi connectivity index (χ1v) is 4.46. The average Bonchev–Trinajstić information content (AvgIpc) is 2.36. The van der Waals surface area contributed by atoms with Gasteiger partial charge in [-0.05, 0) is 25.7 Å². The number of nitrogens with one attached hydrogen (secondary N) is 1.